The molecule has 0 bridgehead atoms. The molecular formula is C18H20N2O3S. The number of rotatable bonds is 6. The summed E-state index contributed by atoms with van der Waals surface area (Å²) >= 11 is 1.45. The molecule has 1 saturated heterocycles. The Morgan fingerprint density at radius 1 is 1.12 bits per heavy atom. The maximum absolute atomic E-state index is 12.0. The lowest BCUT2D eigenvalue weighted by Gasteiger charge is -2.14. The monoisotopic (exact) mass is 344 g/mol. The number of benzene rings is 1. The second kappa shape index (κ2) is 8.06. The van der Waals surface area contributed by atoms with E-state index in [0.29, 0.717) is 0 Å². The van der Waals surface area contributed by atoms with E-state index in [0.717, 1.165) is 43.8 Å². The Kier molecular flexibility index (Phi) is 5.59. The first-order valence-corrected chi connectivity index (χ1v) is 9.03. The number of ether oxygens (including phenoxy) is 1. The van der Waals surface area contributed by atoms with Gasteiger partial charge in [-0.3, -0.25) is 4.79 Å². The van der Waals surface area contributed by atoms with Gasteiger partial charge in [0.15, 0.2) is 12.3 Å². The first kappa shape index (κ1) is 16.6. The van der Waals surface area contributed by atoms with Crippen molar-refractivity contribution in [2.24, 2.45) is 0 Å². The molecule has 126 valence electrons. The Bertz CT molecular complexity index is 693. The van der Waals surface area contributed by atoms with Crippen molar-refractivity contribution in [2.45, 2.75) is 25.7 Å². The predicted octanol–water partition coefficient (Wildman–Crippen LogP) is 2.71. The molecule has 0 N–H and O–H groups in total. The minimum atomic E-state index is -0.523. The molecule has 0 spiro atoms. The van der Waals surface area contributed by atoms with Crippen LogP contribution >= 0.6 is 11.3 Å². The van der Waals surface area contributed by atoms with Gasteiger partial charge in [0, 0.05) is 24.9 Å². The van der Waals surface area contributed by atoms with Crippen molar-refractivity contribution in [2.75, 3.05) is 19.7 Å². The predicted molar refractivity (Wildman–Crippen MR) is 92.1 cm³/mol. The van der Waals surface area contributed by atoms with E-state index in [-0.39, 0.29) is 18.2 Å². The fourth-order valence-corrected chi connectivity index (χ4v) is 3.44. The summed E-state index contributed by atoms with van der Waals surface area (Å²) in [5.41, 5.74) is 1.53. The Labute approximate surface area is 145 Å². The number of hydrogen-bond acceptors (Lipinski definition) is 5. The van der Waals surface area contributed by atoms with E-state index in [2.05, 4.69) is 17.1 Å². The van der Waals surface area contributed by atoms with E-state index in [1.165, 1.54) is 16.9 Å². The van der Waals surface area contributed by atoms with Crippen LogP contribution in [0, 0.1) is 0 Å². The van der Waals surface area contributed by atoms with Crippen LogP contribution in [0.4, 0.5) is 0 Å². The molecule has 2 heterocycles. The normalized spacial score (nSPS) is 13.9. The van der Waals surface area contributed by atoms with Crippen LogP contribution in [0.1, 0.15) is 33.9 Å². The third-order valence-corrected chi connectivity index (χ3v) is 4.93. The lowest BCUT2D eigenvalue weighted by atomic mass is 10.1. The first-order chi connectivity index (χ1) is 11.7. The van der Waals surface area contributed by atoms with Crippen LogP contribution in [0.3, 0.4) is 0 Å². The number of likely N-dealkylation sites (tertiary alicyclic amines) is 1. The van der Waals surface area contributed by atoms with Crippen molar-refractivity contribution in [3.05, 3.63) is 52.0 Å². The van der Waals surface area contributed by atoms with Crippen LogP contribution in [0.25, 0.3) is 0 Å². The van der Waals surface area contributed by atoms with Gasteiger partial charge in [-0.05, 0) is 24.8 Å². The molecule has 6 heteroatoms. The highest BCUT2D eigenvalue weighted by molar-refractivity contribution is 7.09. The minimum Gasteiger partial charge on any atom is -0.451 e. The van der Waals surface area contributed by atoms with Crippen LogP contribution in [0.2, 0.25) is 0 Å². The molecule has 1 fully saturated rings. The number of hydrogen-bond donors (Lipinski definition) is 0. The molecule has 0 atom stereocenters. The quantitative estimate of drug-likeness (QED) is 0.756. The zero-order valence-electron chi connectivity index (χ0n) is 13.4. The van der Waals surface area contributed by atoms with Crippen molar-refractivity contribution in [1.29, 1.82) is 0 Å². The summed E-state index contributed by atoms with van der Waals surface area (Å²) in [7, 11) is 0. The van der Waals surface area contributed by atoms with Gasteiger partial charge < -0.3 is 9.64 Å². The number of carbonyl (C=O) groups excluding carboxylic acids is 2. The van der Waals surface area contributed by atoms with Crippen LogP contribution in [0.15, 0.2) is 35.7 Å². The second-order valence-corrected chi connectivity index (χ2v) is 6.72. The molecule has 0 radical (unpaired) electrons. The highest BCUT2D eigenvalue weighted by atomic mass is 32.1. The van der Waals surface area contributed by atoms with E-state index in [1.54, 1.807) is 10.3 Å². The van der Waals surface area contributed by atoms with E-state index in [4.69, 9.17) is 4.74 Å². The molecule has 3 rings (SSSR count). The lowest BCUT2D eigenvalue weighted by molar-refractivity contribution is -0.133. The van der Waals surface area contributed by atoms with Gasteiger partial charge in [0.2, 0.25) is 0 Å². The van der Waals surface area contributed by atoms with Gasteiger partial charge in [0.25, 0.3) is 5.91 Å². The summed E-state index contributed by atoms with van der Waals surface area (Å²) in [6, 6.07) is 10.2. The van der Waals surface area contributed by atoms with Crippen molar-refractivity contribution < 1.29 is 14.3 Å². The van der Waals surface area contributed by atoms with Gasteiger partial charge in [-0.15, -0.1) is 11.3 Å². The average molecular weight is 344 g/mol. The number of nitrogens with zero attached hydrogens (tertiary/aromatic N) is 2. The van der Waals surface area contributed by atoms with Crippen LogP contribution in [-0.4, -0.2) is 41.5 Å². The molecule has 0 aliphatic carbocycles. The van der Waals surface area contributed by atoms with E-state index in [9.17, 15) is 9.59 Å². The maximum atomic E-state index is 12.0. The number of esters is 1. The Morgan fingerprint density at radius 3 is 2.62 bits per heavy atom. The van der Waals surface area contributed by atoms with Gasteiger partial charge in [0.1, 0.15) is 0 Å². The first-order valence-electron chi connectivity index (χ1n) is 8.15. The van der Waals surface area contributed by atoms with Gasteiger partial charge in [-0.2, -0.15) is 0 Å². The van der Waals surface area contributed by atoms with Gasteiger partial charge in [-0.25, -0.2) is 9.78 Å². The topological polar surface area (TPSA) is 59.5 Å². The second-order valence-electron chi connectivity index (χ2n) is 5.78. The highest BCUT2D eigenvalue weighted by Gasteiger charge is 2.20. The zero-order chi connectivity index (χ0) is 16.8. The summed E-state index contributed by atoms with van der Waals surface area (Å²) in [6.45, 7) is 1.32. The van der Waals surface area contributed by atoms with Crippen molar-refractivity contribution in [1.82, 2.24) is 9.88 Å². The van der Waals surface area contributed by atoms with E-state index < -0.39 is 5.97 Å². The molecular weight excluding hydrogens is 324 g/mol. The Balaban J connectivity index is 1.47. The van der Waals surface area contributed by atoms with Crippen molar-refractivity contribution in [3.63, 3.8) is 0 Å². The van der Waals surface area contributed by atoms with Crippen molar-refractivity contribution in [3.8, 4) is 0 Å². The summed E-state index contributed by atoms with van der Waals surface area (Å²) in [5, 5.41) is 2.60. The molecule has 1 aromatic carbocycles. The molecule has 2 aromatic rings. The smallest absolute Gasteiger partial charge is 0.358 e. The highest BCUT2D eigenvalue weighted by Crippen LogP contribution is 2.14. The van der Waals surface area contributed by atoms with Gasteiger partial charge >= 0.3 is 5.97 Å². The molecule has 1 aliphatic rings. The van der Waals surface area contributed by atoms with Crippen LogP contribution in [-0.2, 0) is 22.4 Å². The molecule has 1 aliphatic heterocycles. The van der Waals surface area contributed by atoms with E-state index >= 15 is 0 Å². The fraction of sp³-hybridized carbons (Fsp3) is 0.389. The third kappa shape index (κ3) is 4.41. The molecule has 24 heavy (non-hydrogen) atoms. The minimum absolute atomic E-state index is 0.125. The summed E-state index contributed by atoms with van der Waals surface area (Å²) in [4.78, 5) is 29.9. The molecule has 0 saturated carbocycles. The van der Waals surface area contributed by atoms with Gasteiger partial charge in [0.05, 0.1) is 5.01 Å². The fourth-order valence-electron chi connectivity index (χ4n) is 2.67. The number of carbonyl (C=O) groups is 2. The van der Waals surface area contributed by atoms with Crippen LogP contribution in [0.5, 0.6) is 0 Å². The molecule has 5 nitrogen and oxygen atoms in total. The Hall–Kier alpha value is -2.21. The average Bonchev–Trinajstić information content (AvgIpc) is 3.30. The summed E-state index contributed by atoms with van der Waals surface area (Å²) in [6.07, 6.45) is 3.72. The largest absolute Gasteiger partial charge is 0.451 e. The molecule has 1 aromatic heterocycles. The SMILES string of the molecule is O=C(OCC(=O)N1CCCC1)c1csc(CCc2ccccc2)n1. The standard InChI is InChI=1S/C18H20N2O3S/c21-17(20-10-4-5-11-20)12-23-18(22)15-13-24-16(19-15)9-8-14-6-2-1-3-7-14/h1-3,6-7,13H,4-5,8-12H2. The zero-order valence-corrected chi connectivity index (χ0v) is 14.3. The maximum Gasteiger partial charge on any atom is 0.358 e. The summed E-state index contributed by atoms with van der Waals surface area (Å²) in [5.74, 6) is -0.648. The van der Waals surface area contributed by atoms with Crippen LogP contribution < -0.4 is 0 Å². The Morgan fingerprint density at radius 2 is 1.88 bits per heavy atom. The number of aromatic nitrogens is 1. The summed E-state index contributed by atoms with van der Waals surface area (Å²) < 4.78 is 5.09. The number of aryl methyl sites for hydroxylation is 2. The molecule has 0 unspecified atom stereocenters. The van der Waals surface area contributed by atoms with Gasteiger partial charge in [-0.1, -0.05) is 30.3 Å². The van der Waals surface area contributed by atoms with E-state index in [1.807, 2.05) is 18.2 Å². The molecule has 1 amide bonds. The third-order valence-electron chi connectivity index (χ3n) is 4.02. The lowest BCUT2D eigenvalue weighted by Crippen LogP contribution is -2.32. The number of amides is 1. The van der Waals surface area contributed by atoms with Crippen molar-refractivity contribution >= 4 is 23.2 Å². The number of thiazole rings is 1.